The Morgan fingerprint density at radius 1 is 1.19 bits per heavy atom. The zero-order valence-corrected chi connectivity index (χ0v) is 15.2. The largest absolute Gasteiger partial charge is 0.378 e. The molecule has 0 bridgehead atoms. The minimum absolute atomic E-state index is 0.121. The Hall–Kier alpha value is -2.38. The van der Waals surface area contributed by atoms with Gasteiger partial charge in [0.1, 0.15) is 16.5 Å². The summed E-state index contributed by atoms with van der Waals surface area (Å²) in [6.07, 6.45) is 3.33. The van der Waals surface area contributed by atoms with Crippen LogP contribution < -0.4 is 10.9 Å². The summed E-state index contributed by atoms with van der Waals surface area (Å²) in [5.41, 5.74) is 0.481. The van der Waals surface area contributed by atoms with Crippen molar-refractivity contribution in [3.63, 3.8) is 0 Å². The van der Waals surface area contributed by atoms with Crippen LogP contribution in [0.5, 0.6) is 0 Å². The van der Waals surface area contributed by atoms with Crippen molar-refractivity contribution in [2.45, 2.75) is 11.4 Å². The molecule has 0 spiro atoms. The molecule has 26 heavy (non-hydrogen) atoms. The van der Waals surface area contributed by atoms with Crippen molar-refractivity contribution in [2.24, 2.45) is 0 Å². The standard InChI is InChI=1S/C18H14ClF2N3OS/c1-26-13-5-2-11(3-6-13)9-22-15-10-23-24(18(25)17(15)19)16-7-4-12(20)8-14(16)21/h2-8,10,22H,9H2,1H3. The smallest absolute Gasteiger partial charge is 0.292 e. The highest BCUT2D eigenvalue weighted by atomic mass is 35.5. The molecule has 0 aliphatic rings. The first kappa shape index (κ1) is 18.4. The molecule has 1 heterocycles. The predicted molar refractivity (Wildman–Crippen MR) is 100 cm³/mol. The van der Waals surface area contributed by atoms with Gasteiger partial charge in [0.05, 0.1) is 11.9 Å². The van der Waals surface area contributed by atoms with Crippen molar-refractivity contribution in [2.75, 3.05) is 11.6 Å². The Morgan fingerprint density at radius 2 is 1.92 bits per heavy atom. The fourth-order valence-electron chi connectivity index (χ4n) is 2.32. The number of nitrogens with zero attached hydrogens (tertiary/aromatic N) is 2. The molecule has 0 unspecified atom stereocenters. The first-order valence-corrected chi connectivity index (χ1v) is 9.20. The van der Waals surface area contributed by atoms with E-state index < -0.39 is 17.2 Å². The molecule has 134 valence electrons. The molecule has 0 saturated carbocycles. The van der Waals surface area contributed by atoms with E-state index in [1.807, 2.05) is 30.5 Å². The van der Waals surface area contributed by atoms with Gasteiger partial charge < -0.3 is 5.32 Å². The minimum Gasteiger partial charge on any atom is -0.378 e. The number of hydrogen-bond donors (Lipinski definition) is 1. The van der Waals surface area contributed by atoms with E-state index in [4.69, 9.17) is 11.6 Å². The summed E-state index contributed by atoms with van der Waals surface area (Å²) in [4.78, 5) is 13.5. The summed E-state index contributed by atoms with van der Waals surface area (Å²) >= 11 is 7.76. The topological polar surface area (TPSA) is 46.9 Å². The predicted octanol–water partition coefficient (Wildman–Crippen LogP) is 4.50. The van der Waals surface area contributed by atoms with Crippen molar-refractivity contribution in [1.29, 1.82) is 0 Å². The lowest BCUT2D eigenvalue weighted by atomic mass is 10.2. The number of halogens is 3. The summed E-state index contributed by atoms with van der Waals surface area (Å²) in [6, 6.07) is 10.8. The van der Waals surface area contributed by atoms with Crippen LogP contribution in [0, 0.1) is 11.6 Å². The molecule has 0 amide bonds. The summed E-state index contributed by atoms with van der Waals surface area (Å²) in [5, 5.41) is 6.85. The van der Waals surface area contributed by atoms with Gasteiger partial charge in [-0.15, -0.1) is 11.8 Å². The van der Waals surface area contributed by atoms with Crippen LogP contribution in [0.25, 0.3) is 5.69 Å². The lowest BCUT2D eigenvalue weighted by Gasteiger charge is -2.11. The zero-order valence-electron chi connectivity index (χ0n) is 13.7. The highest BCUT2D eigenvalue weighted by molar-refractivity contribution is 7.98. The van der Waals surface area contributed by atoms with E-state index in [1.54, 1.807) is 11.8 Å². The lowest BCUT2D eigenvalue weighted by molar-refractivity contribution is 0.571. The van der Waals surface area contributed by atoms with Gasteiger partial charge >= 0.3 is 0 Å². The van der Waals surface area contributed by atoms with Gasteiger partial charge in [-0.05, 0) is 36.1 Å². The van der Waals surface area contributed by atoms with Gasteiger partial charge in [-0.3, -0.25) is 4.79 Å². The molecule has 2 aromatic carbocycles. The average molecular weight is 394 g/mol. The quantitative estimate of drug-likeness (QED) is 0.648. The van der Waals surface area contributed by atoms with E-state index >= 15 is 0 Å². The van der Waals surface area contributed by atoms with Crippen LogP contribution in [-0.2, 0) is 6.54 Å². The molecule has 0 atom stereocenters. The highest BCUT2D eigenvalue weighted by Crippen LogP contribution is 2.20. The number of benzene rings is 2. The fraction of sp³-hybridized carbons (Fsp3) is 0.111. The van der Waals surface area contributed by atoms with Gasteiger partial charge in [-0.1, -0.05) is 23.7 Å². The Kier molecular flexibility index (Phi) is 5.58. The fourth-order valence-corrected chi connectivity index (χ4v) is 2.93. The lowest BCUT2D eigenvalue weighted by Crippen LogP contribution is -2.23. The monoisotopic (exact) mass is 393 g/mol. The van der Waals surface area contributed by atoms with E-state index in [2.05, 4.69) is 10.4 Å². The molecule has 1 N–H and O–H groups in total. The molecule has 4 nitrogen and oxygen atoms in total. The number of rotatable bonds is 5. The van der Waals surface area contributed by atoms with Crippen molar-refractivity contribution in [1.82, 2.24) is 9.78 Å². The Morgan fingerprint density at radius 3 is 2.58 bits per heavy atom. The third-order valence-corrected chi connectivity index (χ3v) is 4.81. The Labute approximate surface area is 157 Å². The molecule has 3 rings (SSSR count). The molecule has 8 heteroatoms. The molecule has 0 aliphatic carbocycles. The second-order valence-corrected chi connectivity index (χ2v) is 6.64. The third kappa shape index (κ3) is 3.89. The second kappa shape index (κ2) is 7.88. The minimum atomic E-state index is -0.898. The van der Waals surface area contributed by atoms with E-state index in [9.17, 15) is 13.6 Å². The highest BCUT2D eigenvalue weighted by Gasteiger charge is 2.14. The van der Waals surface area contributed by atoms with Crippen LogP contribution in [0.2, 0.25) is 5.02 Å². The van der Waals surface area contributed by atoms with Gasteiger partial charge in [-0.2, -0.15) is 9.78 Å². The number of nitrogens with one attached hydrogen (secondary N) is 1. The van der Waals surface area contributed by atoms with Crippen LogP contribution in [0.1, 0.15) is 5.56 Å². The van der Waals surface area contributed by atoms with Crippen LogP contribution in [-0.4, -0.2) is 16.0 Å². The molecular formula is C18H14ClF2N3OS. The van der Waals surface area contributed by atoms with Gasteiger partial charge in [0.25, 0.3) is 5.56 Å². The maximum atomic E-state index is 13.9. The maximum absolute atomic E-state index is 13.9. The number of anilines is 1. The summed E-state index contributed by atoms with van der Waals surface area (Å²) in [7, 11) is 0. The zero-order chi connectivity index (χ0) is 18.7. The Balaban J connectivity index is 1.84. The normalized spacial score (nSPS) is 10.8. The van der Waals surface area contributed by atoms with Gasteiger partial charge in [-0.25, -0.2) is 8.78 Å². The number of aromatic nitrogens is 2. The van der Waals surface area contributed by atoms with Crippen LogP contribution in [0.15, 0.2) is 58.4 Å². The van der Waals surface area contributed by atoms with Crippen molar-refractivity contribution < 1.29 is 8.78 Å². The van der Waals surface area contributed by atoms with Gasteiger partial charge in [0, 0.05) is 17.5 Å². The van der Waals surface area contributed by atoms with Crippen molar-refractivity contribution in [3.05, 3.63) is 81.2 Å². The first-order valence-electron chi connectivity index (χ1n) is 7.59. The molecule has 0 aliphatic heterocycles. The van der Waals surface area contributed by atoms with E-state index in [0.717, 1.165) is 27.3 Å². The number of thioether (sulfide) groups is 1. The molecule has 1 aromatic heterocycles. The number of hydrogen-bond acceptors (Lipinski definition) is 4. The van der Waals surface area contributed by atoms with E-state index in [1.165, 1.54) is 6.20 Å². The summed E-state index contributed by atoms with van der Waals surface area (Å²) in [5.74, 6) is -1.64. The molecular weight excluding hydrogens is 380 g/mol. The summed E-state index contributed by atoms with van der Waals surface area (Å²) < 4.78 is 27.7. The van der Waals surface area contributed by atoms with Gasteiger partial charge in [0.15, 0.2) is 5.82 Å². The summed E-state index contributed by atoms with van der Waals surface area (Å²) in [6.45, 7) is 0.449. The van der Waals surface area contributed by atoms with E-state index in [-0.39, 0.29) is 10.7 Å². The van der Waals surface area contributed by atoms with Crippen molar-refractivity contribution >= 4 is 29.1 Å². The van der Waals surface area contributed by atoms with Crippen molar-refractivity contribution in [3.8, 4) is 5.69 Å². The molecule has 0 radical (unpaired) electrons. The van der Waals surface area contributed by atoms with Crippen LogP contribution in [0.3, 0.4) is 0 Å². The van der Waals surface area contributed by atoms with Crippen LogP contribution >= 0.6 is 23.4 Å². The van der Waals surface area contributed by atoms with E-state index in [0.29, 0.717) is 18.3 Å². The average Bonchev–Trinajstić information content (AvgIpc) is 2.64. The molecule has 3 aromatic rings. The molecule has 0 fully saturated rings. The van der Waals surface area contributed by atoms with Crippen LogP contribution in [0.4, 0.5) is 14.5 Å². The first-order chi connectivity index (χ1) is 12.5. The molecule has 0 saturated heterocycles. The second-order valence-electron chi connectivity index (χ2n) is 5.39. The SMILES string of the molecule is CSc1ccc(CNc2cnn(-c3ccc(F)cc3F)c(=O)c2Cl)cc1. The van der Waals surface area contributed by atoms with Gasteiger partial charge in [0.2, 0.25) is 0 Å². The third-order valence-electron chi connectivity index (χ3n) is 3.70. The Bertz CT molecular complexity index is 993. The maximum Gasteiger partial charge on any atom is 0.292 e.